The average Bonchev–Trinajstić information content (AvgIpc) is 3.22. The van der Waals surface area contributed by atoms with Gasteiger partial charge in [0.05, 0.1) is 18.2 Å². The zero-order chi connectivity index (χ0) is 27.5. The summed E-state index contributed by atoms with van der Waals surface area (Å²) in [6.45, 7) is 2.68. The highest BCUT2D eigenvalue weighted by atomic mass is 19.2. The molecule has 1 aliphatic rings. The minimum Gasteiger partial charge on any atom is -0.507 e. The van der Waals surface area contributed by atoms with E-state index in [1.54, 1.807) is 36.4 Å². The Hall–Kier alpha value is -4.52. The Kier molecular flexibility index (Phi) is 7.41. The van der Waals surface area contributed by atoms with Gasteiger partial charge in [0.2, 0.25) is 0 Å². The largest absolute Gasteiger partial charge is 0.507 e. The fourth-order valence-electron chi connectivity index (χ4n) is 4.92. The number of carbonyl (C=O) groups excluding carboxylic acids is 2. The number of hydrogen-bond donors (Lipinski definition) is 1. The van der Waals surface area contributed by atoms with E-state index in [1.165, 1.54) is 6.07 Å². The Labute approximate surface area is 225 Å². The highest BCUT2D eigenvalue weighted by molar-refractivity contribution is 6.51. The van der Waals surface area contributed by atoms with Crippen LogP contribution in [0.2, 0.25) is 0 Å². The zero-order valence-electron chi connectivity index (χ0n) is 21.4. The third kappa shape index (κ3) is 5.00. The van der Waals surface area contributed by atoms with Crippen LogP contribution in [0, 0.1) is 11.6 Å². The number of fused-ring (bicyclic) bond motifs is 1. The van der Waals surface area contributed by atoms with Crippen LogP contribution in [0.3, 0.4) is 0 Å². The lowest BCUT2D eigenvalue weighted by molar-refractivity contribution is -0.132. The first-order chi connectivity index (χ1) is 18.9. The molecule has 1 heterocycles. The van der Waals surface area contributed by atoms with Gasteiger partial charge in [-0.2, -0.15) is 0 Å². The second kappa shape index (κ2) is 11.1. The van der Waals surface area contributed by atoms with Gasteiger partial charge in [0, 0.05) is 17.3 Å². The molecular formula is C32H27F2NO4. The van der Waals surface area contributed by atoms with E-state index in [0.29, 0.717) is 23.5 Å². The molecule has 0 aromatic heterocycles. The smallest absolute Gasteiger partial charge is 0.300 e. The van der Waals surface area contributed by atoms with Gasteiger partial charge in [-0.25, -0.2) is 8.78 Å². The van der Waals surface area contributed by atoms with Crippen molar-refractivity contribution in [2.75, 3.05) is 11.5 Å². The van der Waals surface area contributed by atoms with Crippen LogP contribution >= 0.6 is 0 Å². The molecule has 1 amide bonds. The maximum absolute atomic E-state index is 14.3. The summed E-state index contributed by atoms with van der Waals surface area (Å²) >= 11 is 0. The molecule has 1 unspecified atom stereocenters. The van der Waals surface area contributed by atoms with Crippen molar-refractivity contribution in [1.82, 2.24) is 0 Å². The van der Waals surface area contributed by atoms with Gasteiger partial charge >= 0.3 is 0 Å². The van der Waals surface area contributed by atoms with Crippen LogP contribution < -0.4 is 9.64 Å². The van der Waals surface area contributed by atoms with Gasteiger partial charge in [-0.3, -0.25) is 14.5 Å². The highest BCUT2D eigenvalue weighted by Crippen LogP contribution is 2.44. The van der Waals surface area contributed by atoms with Crippen molar-refractivity contribution in [2.45, 2.75) is 32.2 Å². The maximum atomic E-state index is 14.3. The second-order valence-corrected chi connectivity index (χ2v) is 9.42. The van der Waals surface area contributed by atoms with Crippen molar-refractivity contribution in [1.29, 1.82) is 0 Å². The predicted molar refractivity (Wildman–Crippen MR) is 147 cm³/mol. The van der Waals surface area contributed by atoms with Crippen LogP contribution in [0.1, 0.15) is 43.4 Å². The number of anilines is 1. The third-order valence-corrected chi connectivity index (χ3v) is 6.89. The molecule has 5 nitrogen and oxygen atoms in total. The zero-order valence-corrected chi connectivity index (χ0v) is 21.4. The molecule has 5 rings (SSSR count). The minimum atomic E-state index is -1.15. The first-order valence-corrected chi connectivity index (χ1v) is 12.9. The normalized spacial score (nSPS) is 16.7. The van der Waals surface area contributed by atoms with E-state index in [4.69, 9.17) is 4.74 Å². The van der Waals surface area contributed by atoms with Crippen LogP contribution in [0.4, 0.5) is 14.5 Å². The molecule has 4 aromatic carbocycles. The molecule has 0 radical (unpaired) electrons. The van der Waals surface area contributed by atoms with Crippen molar-refractivity contribution in [2.24, 2.45) is 0 Å². The van der Waals surface area contributed by atoms with E-state index < -0.39 is 29.4 Å². The number of halogens is 2. The number of Topliss-reactive ketones (excluding diaryl/α,β-unsaturated/α-hetero) is 1. The average molecular weight is 528 g/mol. The number of nitrogens with zero attached hydrogens (tertiary/aromatic N) is 1. The molecule has 1 fully saturated rings. The second-order valence-electron chi connectivity index (χ2n) is 9.42. The van der Waals surface area contributed by atoms with E-state index in [2.05, 4.69) is 6.92 Å². The number of aliphatic hydroxyl groups excluding tert-OH is 1. The quantitative estimate of drug-likeness (QED) is 0.113. The summed E-state index contributed by atoms with van der Waals surface area (Å²) in [7, 11) is 0. The number of amides is 1. The summed E-state index contributed by atoms with van der Waals surface area (Å²) in [4.78, 5) is 27.9. The van der Waals surface area contributed by atoms with Crippen LogP contribution in [-0.2, 0) is 9.59 Å². The van der Waals surface area contributed by atoms with Gasteiger partial charge < -0.3 is 9.84 Å². The van der Waals surface area contributed by atoms with Crippen molar-refractivity contribution in [3.63, 3.8) is 0 Å². The van der Waals surface area contributed by atoms with Gasteiger partial charge in [0.1, 0.15) is 11.5 Å². The van der Waals surface area contributed by atoms with E-state index in [-0.39, 0.29) is 17.0 Å². The van der Waals surface area contributed by atoms with Crippen molar-refractivity contribution < 1.29 is 28.2 Å². The summed E-state index contributed by atoms with van der Waals surface area (Å²) in [5.41, 5.74) is 0.750. The monoisotopic (exact) mass is 527 g/mol. The summed E-state index contributed by atoms with van der Waals surface area (Å²) in [5, 5.41) is 13.0. The Morgan fingerprint density at radius 1 is 0.897 bits per heavy atom. The molecule has 1 saturated heterocycles. The van der Waals surface area contributed by atoms with Crippen molar-refractivity contribution >= 4 is 33.9 Å². The SMILES string of the molecule is CCCCCOc1ccc(/C(O)=C2/C(=O)C(=O)N(c3ccc(F)c(F)c3)C2c2cccc3ccccc23)cc1. The summed E-state index contributed by atoms with van der Waals surface area (Å²) in [5.74, 6) is -3.84. The Morgan fingerprint density at radius 3 is 2.38 bits per heavy atom. The lowest BCUT2D eigenvalue weighted by Gasteiger charge is -2.26. The van der Waals surface area contributed by atoms with Crippen molar-refractivity contribution in [3.05, 3.63) is 113 Å². The lowest BCUT2D eigenvalue weighted by Crippen LogP contribution is -2.29. The number of benzene rings is 4. The van der Waals surface area contributed by atoms with Crippen molar-refractivity contribution in [3.8, 4) is 5.75 Å². The topological polar surface area (TPSA) is 66.8 Å². The fourth-order valence-corrected chi connectivity index (χ4v) is 4.92. The van der Waals surface area contributed by atoms with E-state index in [0.717, 1.165) is 47.1 Å². The number of unbranched alkanes of at least 4 members (excludes halogenated alkanes) is 2. The van der Waals surface area contributed by atoms with E-state index in [9.17, 15) is 23.5 Å². The standard InChI is InChI=1S/C32H27F2NO4/c1-2-3-6-18-39-23-15-12-21(13-16-23)30(36)28-29(25-11-7-9-20-8-4-5-10-24(20)25)35(32(38)31(28)37)22-14-17-26(33)27(34)19-22/h4-5,7-17,19,29,36H,2-3,6,18H2,1H3/b30-28-. The van der Waals surface area contributed by atoms with E-state index in [1.807, 2.05) is 30.3 Å². The fraction of sp³-hybridized carbons (Fsp3) is 0.188. The molecule has 0 aliphatic carbocycles. The minimum absolute atomic E-state index is 0.00353. The number of carbonyl (C=O) groups is 2. The Balaban J connectivity index is 1.64. The van der Waals surface area contributed by atoms with Gasteiger partial charge in [-0.05, 0) is 59.2 Å². The molecule has 4 aromatic rings. The third-order valence-electron chi connectivity index (χ3n) is 6.89. The van der Waals surface area contributed by atoms with Crippen LogP contribution in [-0.4, -0.2) is 23.4 Å². The molecule has 7 heteroatoms. The number of ether oxygens (including phenoxy) is 1. The van der Waals surface area contributed by atoms with Crippen LogP contribution in [0.15, 0.2) is 90.5 Å². The Morgan fingerprint density at radius 2 is 1.64 bits per heavy atom. The summed E-state index contributed by atoms with van der Waals surface area (Å²) < 4.78 is 33.8. The molecule has 0 bridgehead atoms. The first-order valence-electron chi connectivity index (χ1n) is 12.9. The number of aliphatic hydroxyl groups is 1. The summed E-state index contributed by atoms with van der Waals surface area (Å²) in [6.07, 6.45) is 3.07. The van der Waals surface area contributed by atoms with Gasteiger partial charge in [0.15, 0.2) is 11.6 Å². The molecule has 0 spiro atoms. The molecular weight excluding hydrogens is 500 g/mol. The molecule has 198 valence electrons. The number of ketones is 1. The van der Waals surface area contributed by atoms with Crippen LogP contribution in [0.5, 0.6) is 5.75 Å². The molecule has 1 aliphatic heterocycles. The van der Waals surface area contributed by atoms with Gasteiger partial charge in [-0.15, -0.1) is 0 Å². The van der Waals surface area contributed by atoms with E-state index >= 15 is 0 Å². The maximum Gasteiger partial charge on any atom is 0.300 e. The van der Waals surface area contributed by atoms with Crippen LogP contribution in [0.25, 0.3) is 16.5 Å². The summed E-state index contributed by atoms with van der Waals surface area (Å²) in [6, 6.07) is 21.4. The lowest BCUT2D eigenvalue weighted by atomic mass is 9.91. The molecule has 1 atom stereocenters. The molecule has 0 saturated carbocycles. The number of rotatable bonds is 8. The predicted octanol–water partition coefficient (Wildman–Crippen LogP) is 7.31. The first kappa shape index (κ1) is 26.1. The van der Waals surface area contributed by atoms with Gasteiger partial charge in [-0.1, -0.05) is 62.2 Å². The highest BCUT2D eigenvalue weighted by Gasteiger charge is 2.47. The molecule has 39 heavy (non-hydrogen) atoms. The van der Waals surface area contributed by atoms with Gasteiger partial charge in [0.25, 0.3) is 11.7 Å². The number of hydrogen-bond acceptors (Lipinski definition) is 4. The Bertz CT molecular complexity index is 1570. The molecule has 1 N–H and O–H groups in total.